The summed E-state index contributed by atoms with van der Waals surface area (Å²) >= 11 is 0. The molecular formula is C23H30FN3O. The standard InChI is InChI=1S/C23H30FN3O/c1-17(2)13-20(14-18-7-5-4-6-8-18)25-23(28)16-27-12-11-26(3)22-15-19(24)9-10-21(22)27/h4-10,15,17,20H,11-14,16H2,1-3H3,(H,25,28). The van der Waals surface area contributed by atoms with Gasteiger partial charge in [0, 0.05) is 26.2 Å². The predicted molar refractivity (Wildman–Crippen MR) is 113 cm³/mol. The van der Waals surface area contributed by atoms with Crippen molar-refractivity contribution < 1.29 is 9.18 Å². The molecule has 0 bridgehead atoms. The highest BCUT2D eigenvalue weighted by molar-refractivity contribution is 5.84. The molecule has 1 aliphatic rings. The fourth-order valence-corrected chi connectivity index (χ4v) is 3.85. The first-order valence-corrected chi connectivity index (χ1v) is 10.0. The fourth-order valence-electron chi connectivity index (χ4n) is 3.85. The van der Waals surface area contributed by atoms with Crippen LogP contribution in [-0.2, 0) is 11.2 Å². The predicted octanol–water partition coefficient (Wildman–Crippen LogP) is 3.86. The summed E-state index contributed by atoms with van der Waals surface area (Å²) in [5.74, 6) is 0.263. The van der Waals surface area contributed by atoms with E-state index < -0.39 is 0 Å². The minimum Gasteiger partial charge on any atom is -0.371 e. The smallest absolute Gasteiger partial charge is 0.239 e. The highest BCUT2D eigenvalue weighted by Gasteiger charge is 2.23. The van der Waals surface area contributed by atoms with Crippen molar-refractivity contribution in [2.24, 2.45) is 5.92 Å². The van der Waals surface area contributed by atoms with Gasteiger partial charge in [-0.3, -0.25) is 4.79 Å². The van der Waals surface area contributed by atoms with Gasteiger partial charge in [-0.1, -0.05) is 44.2 Å². The van der Waals surface area contributed by atoms with Crippen molar-refractivity contribution in [3.05, 3.63) is 59.9 Å². The summed E-state index contributed by atoms with van der Waals surface area (Å²) in [6, 6.07) is 15.1. The van der Waals surface area contributed by atoms with E-state index in [0.29, 0.717) is 5.92 Å². The summed E-state index contributed by atoms with van der Waals surface area (Å²) in [7, 11) is 1.95. The van der Waals surface area contributed by atoms with E-state index in [2.05, 4.69) is 31.3 Å². The molecule has 1 aliphatic heterocycles. The van der Waals surface area contributed by atoms with E-state index in [1.54, 1.807) is 6.07 Å². The van der Waals surface area contributed by atoms with Crippen LogP contribution in [0.5, 0.6) is 0 Å². The molecule has 1 heterocycles. The van der Waals surface area contributed by atoms with E-state index in [9.17, 15) is 9.18 Å². The molecule has 150 valence electrons. The number of nitrogens with zero attached hydrogens (tertiary/aromatic N) is 2. The van der Waals surface area contributed by atoms with Crippen LogP contribution in [0.2, 0.25) is 0 Å². The normalized spacial score (nSPS) is 14.8. The molecule has 1 N–H and O–H groups in total. The van der Waals surface area contributed by atoms with Crippen LogP contribution in [0.15, 0.2) is 48.5 Å². The summed E-state index contributed by atoms with van der Waals surface area (Å²) < 4.78 is 13.6. The number of carbonyl (C=O) groups is 1. The Morgan fingerprint density at radius 2 is 1.86 bits per heavy atom. The number of anilines is 2. The Hall–Kier alpha value is -2.56. The molecule has 5 heteroatoms. The molecule has 0 fully saturated rings. The van der Waals surface area contributed by atoms with Gasteiger partial charge in [0.1, 0.15) is 5.82 Å². The Morgan fingerprint density at radius 3 is 2.57 bits per heavy atom. The first-order chi connectivity index (χ1) is 13.4. The second-order valence-corrected chi connectivity index (χ2v) is 8.06. The van der Waals surface area contributed by atoms with Crippen LogP contribution in [0.25, 0.3) is 0 Å². The van der Waals surface area contributed by atoms with Gasteiger partial charge in [-0.2, -0.15) is 0 Å². The SMILES string of the molecule is CC(C)CC(Cc1ccccc1)NC(=O)CN1CCN(C)c2cc(F)ccc21. The van der Waals surface area contributed by atoms with Gasteiger partial charge in [-0.25, -0.2) is 4.39 Å². The Balaban J connectivity index is 1.67. The molecule has 1 atom stereocenters. The summed E-state index contributed by atoms with van der Waals surface area (Å²) in [6.07, 6.45) is 1.76. The third-order valence-corrected chi connectivity index (χ3v) is 5.18. The Labute approximate surface area is 167 Å². The molecule has 0 radical (unpaired) electrons. The van der Waals surface area contributed by atoms with Crippen molar-refractivity contribution in [3.63, 3.8) is 0 Å². The van der Waals surface area contributed by atoms with E-state index in [1.807, 2.05) is 35.0 Å². The van der Waals surface area contributed by atoms with E-state index in [-0.39, 0.29) is 24.3 Å². The molecule has 0 saturated carbocycles. The van der Waals surface area contributed by atoms with Crippen LogP contribution >= 0.6 is 0 Å². The van der Waals surface area contributed by atoms with Crippen molar-refractivity contribution in [1.29, 1.82) is 0 Å². The molecule has 2 aromatic carbocycles. The maximum atomic E-state index is 13.6. The van der Waals surface area contributed by atoms with Gasteiger partial charge in [0.2, 0.25) is 5.91 Å². The molecule has 28 heavy (non-hydrogen) atoms. The summed E-state index contributed by atoms with van der Waals surface area (Å²) in [4.78, 5) is 16.9. The van der Waals surface area contributed by atoms with Gasteiger partial charge in [-0.05, 0) is 42.5 Å². The summed E-state index contributed by atoms with van der Waals surface area (Å²) in [5.41, 5.74) is 2.98. The number of likely N-dealkylation sites (N-methyl/N-ethyl adjacent to an activating group) is 1. The average molecular weight is 384 g/mol. The quantitative estimate of drug-likeness (QED) is 0.789. The summed E-state index contributed by atoms with van der Waals surface area (Å²) in [5, 5.41) is 3.23. The number of carbonyl (C=O) groups excluding carboxylic acids is 1. The summed E-state index contributed by atoms with van der Waals surface area (Å²) in [6.45, 7) is 6.15. The highest BCUT2D eigenvalue weighted by Crippen LogP contribution is 2.32. The molecule has 0 spiro atoms. The third kappa shape index (κ3) is 5.24. The third-order valence-electron chi connectivity index (χ3n) is 5.18. The Bertz CT molecular complexity index is 794. The lowest BCUT2D eigenvalue weighted by atomic mass is 9.97. The molecule has 3 rings (SSSR count). The van der Waals surface area contributed by atoms with Gasteiger partial charge in [0.25, 0.3) is 0 Å². The topological polar surface area (TPSA) is 35.6 Å². The largest absolute Gasteiger partial charge is 0.371 e. The highest BCUT2D eigenvalue weighted by atomic mass is 19.1. The maximum Gasteiger partial charge on any atom is 0.239 e. The first-order valence-electron chi connectivity index (χ1n) is 10.0. The molecule has 1 amide bonds. The zero-order valence-corrected chi connectivity index (χ0v) is 17.0. The number of fused-ring (bicyclic) bond motifs is 1. The number of nitrogens with one attached hydrogen (secondary N) is 1. The van der Waals surface area contributed by atoms with Crippen LogP contribution in [-0.4, -0.2) is 38.6 Å². The van der Waals surface area contributed by atoms with Crippen LogP contribution < -0.4 is 15.1 Å². The second kappa shape index (κ2) is 9.09. The lowest BCUT2D eigenvalue weighted by molar-refractivity contribution is -0.120. The fraction of sp³-hybridized carbons (Fsp3) is 0.435. The van der Waals surface area contributed by atoms with Crippen molar-refractivity contribution in [3.8, 4) is 0 Å². The molecule has 0 saturated heterocycles. The van der Waals surface area contributed by atoms with Gasteiger partial charge in [-0.15, -0.1) is 0 Å². The van der Waals surface area contributed by atoms with Crippen LogP contribution in [0.3, 0.4) is 0 Å². The van der Waals surface area contributed by atoms with Gasteiger partial charge >= 0.3 is 0 Å². The molecule has 1 unspecified atom stereocenters. The lowest BCUT2D eigenvalue weighted by Crippen LogP contribution is -2.47. The van der Waals surface area contributed by atoms with Crippen LogP contribution in [0.4, 0.5) is 15.8 Å². The van der Waals surface area contributed by atoms with Crippen molar-refractivity contribution >= 4 is 17.3 Å². The van der Waals surface area contributed by atoms with Crippen LogP contribution in [0.1, 0.15) is 25.8 Å². The molecule has 2 aromatic rings. The van der Waals surface area contributed by atoms with Crippen molar-refractivity contribution in [2.75, 3.05) is 36.5 Å². The van der Waals surface area contributed by atoms with Crippen LogP contribution in [0, 0.1) is 11.7 Å². The minimum absolute atomic E-state index is 0.0152. The number of benzene rings is 2. The van der Waals surface area contributed by atoms with Crippen molar-refractivity contribution in [1.82, 2.24) is 5.32 Å². The van der Waals surface area contributed by atoms with Gasteiger partial charge in [0.05, 0.1) is 17.9 Å². The second-order valence-electron chi connectivity index (χ2n) is 8.06. The zero-order valence-electron chi connectivity index (χ0n) is 17.0. The van der Waals surface area contributed by atoms with E-state index in [0.717, 1.165) is 37.3 Å². The number of halogens is 1. The number of hydrogen-bond acceptors (Lipinski definition) is 3. The molecular weight excluding hydrogens is 353 g/mol. The lowest BCUT2D eigenvalue weighted by Gasteiger charge is -2.37. The molecule has 0 aliphatic carbocycles. The van der Waals surface area contributed by atoms with Crippen molar-refractivity contribution in [2.45, 2.75) is 32.7 Å². The Kier molecular flexibility index (Phi) is 6.55. The van der Waals surface area contributed by atoms with E-state index in [4.69, 9.17) is 0 Å². The monoisotopic (exact) mass is 383 g/mol. The zero-order chi connectivity index (χ0) is 20.1. The number of hydrogen-bond donors (Lipinski definition) is 1. The van der Waals surface area contributed by atoms with Gasteiger partial charge in [0.15, 0.2) is 0 Å². The average Bonchev–Trinajstić information content (AvgIpc) is 2.64. The first kappa shape index (κ1) is 20.2. The van der Waals surface area contributed by atoms with E-state index in [1.165, 1.54) is 17.7 Å². The minimum atomic E-state index is -0.253. The number of amides is 1. The van der Waals surface area contributed by atoms with Gasteiger partial charge < -0.3 is 15.1 Å². The molecule has 0 aromatic heterocycles. The van der Waals surface area contributed by atoms with E-state index >= 15 is 0 Å². The number of rotatable bonds is 7. The Morgan fingerprint density at radius 1 is 1.11 bits per heavy atom. The maximum absolute atomic E-state index is 13.6. The molecule has 4 nitrogen and oxygen atoms in total.